The highest BCUT2D eigenvalue weighted by Crippen LogP contribution is 2.27. The first kappa shape index (κ1) is 13.5. The van der Waals surface area contributed by atoms with E-state index in [2.05, 4.69) is 58.3 Å². The van der Waals surface area contributed by atoms with Crippen LogP contribution in [-0.2, 0) is 6.54 Å². The minimum atomic E-state index is 0.264. The summed E-state index contributed by atoms with van der Waals surface area (Å²) in [5, 5.41) is 10.4. The number of fused-ring (bicyclic) bond motifs is 1. The van der Waals surface area contributed by atoms with Gasteiger partial charge in [-0.3, -0.25) is 5.10 Å². The second-order valence-electron chi connectivity index (χ2n) is 6.89. The van der Waals surface area contributed by atoms with Crippen LogP contribution in [0.15, 0.2) is 36.8 Å². The molecule has 0 bridgehead atoms. The average Bonchev–Trinajstić information content (AvgIpc) is 3.20. The Bertz CT molecular complexity index is 785. The standard InChI is InChI=1S/C17H21N5/c1-17(2)7-12(8-18-17)11-22-6-5-15-16(22)4-3-14(21-15)13-9-19-20-10-13/h3-6,9-10,12,18H,7-8,11H2,1-2H3,(H,19,20). The van der Waals surface area contributed by atoms with Crippen molar-refractivity contribution in [3.8, 4) is 11.3 Å². The molecule has 0 aliphatic carbocycles. The Morgan fingerprint density at radius 3 is 2.95 bits per heavy atom. The third-order valence-electron chi connectivity index (χ3n) is 4.54. The molecule has 0 spiro atoms. The number of hydrogen-bond acceptors (Lipinski definition) is 3. The van der Waals surface area contributed by atoms with Crippen LogP contribution in [0.1, 0.15) is 20.3 Å². The minimum absolute atomic E-state index is 0.264. The Hall–Kier alpha value is -2.14. The summed E-state index contributed by atoms with van der Waals surface area (Å²) in [6, 6.07) is 6.34. The molecule has 5 nitrogen and oxygen atoms in total. The molecule has 1 atom stereocenters. The first-order valence-electron chi connectivity index (χ1n) is 7.81. The molecular weight excluding hydrogens is 274 g/mol. The topological polar surface area (TPSA) is 58.5 Å². The number of nitrogens with zero attached hydrogens (tertiary/aromatic N) is 3. The molecule has 4 rings (SSSR count). The summed E-state index contributed by atoms with van der Waals surface area (Å²) in [4.78, 5) is 4.75. The maximum atomic E-state index is 4.75. The van der Waals surface area contributed by atoms with Crippen LogP contribution in [0.3, 0.4) is 0 Å². The number of pyridine rings is 1. The van der Waals surface area contributed by atoms with Crippen LogP contribution in [-0.4, -0.2) is 31.8 Å². The smallest absolute Gasteiger partial charge is 0.0888 e. The van der Waals surface area contributed by atoms with Gasteiger partial charge in [0.05, 0.1) is 22.9 Å². The molecule has 3 aromatic rings. The van der Waals surface area contributed by atoms with Gasteiger partial charge in [0.2, 0.25) is 0 Å². The van der Waals surface area contributed by atoms with Gasteiger partial charge in [-0.15, -0.1) is 0 Å². The van der Waals surface area contributed by atoms with Crippen molar-refractivity contribution < 1.29 is 0 Å². The highest BCUT2D eigenvalue weighted by atomic mass is 15.1. The maximum absolute atomic E-state index is 4.75. The average molecular weight is 295 g/mol. The number of aromatic nitrogens is 4. The molecule has 5 heteroatoms. The molecule has 3 aromatic heterocycles. The molecule has 1 aliphatic rings. The van der Waals surface area contributed by atoms with Crippen molar-refractivity contribution in [2.24, 2.45) is 5.92 Å². The number of hydrogen-bond donors (Lipinski definition) is 2. The number of H-pyrrole nitrogens is 1. The van der Waals surface area contributed by atoms with Gasteiger partial charge in [0.1, 0.15) is 0 Å². The summed E-state index contributed by atoms with van der Waals surface area (Å²) >= 11 is 0. The number of nitrogens with one attached hydrogen (secondary N) is 2. The summed E-state index contributed by atoms with van der Waals surface area (Å²) in [6.45, 7) is 6.69. The molecule has 0 aromatic carbocycles. The molecule has 1 fully saturated rings. The lowest BCUT2D eigenvalue weighted by Gasteiger charge is -2.17. The van der Waals surface area contributed by atoms with E-state index in [0.717, 1.165) is 29.9 Å². The Morgan fingerprint density at radius 1 is 1.32 bits per heavy atom. The molecule has 0 radical (unpaired) electrons. The lowest BCUT2D eigenvalue weighted by atomic mass is 9.97. The molecule has 4 heterocycles. The van der Waals surface area contributed by atoms with Gasteiger partial charge >= 0.3 is 0 Å². The third kappa shape index (κ3) is 2.41. The van der Waals surface area contributed by atoms with E-state index in [1.807, 2.05) is 6.20 Å². The predicted molar refractivity (Wildman–Crippen MR) is 87.5 cm³/mol. The van der Waals surface area contributed by atoms with Gasteiger partial charge in [0.15, 0.2) is 0 Å². The lowest BCUT2D eigenvalue weighted by Crippen LogP contribution is -2.31. The summed E-state index contributed by atoms with van der Waals surface area (Å²) < 4.78 is 2.33. The van der Waals surface area contributed by atoms with Crippen LogP contribution in [0, 0.1) is 5.92 Å². The fourth-order valence-corrected chi connectivity index (χ4v) is 3.48. The van der Waals surface area contributed by atoms with Crippen molar-refractivity contribution in [2.75, 3.05) is 6.54 Å². The van der Waals surface area contributed by atoms with E-state index in [1.54, 1.807) is 6.20 Å². The monoisotopic (exact) mass is 295 g/mol. The maximum Gasteiger partial charge on any atom is 0.0888 e. The molecular formula is C17H21N5. The van der Waals surface area contributed by atoms with Gasteiger partial charge in [0.25, 0.3) is 0 Å². The van der Waals surface area contributed by atoms with E-state index >= 15 is 0 Å². The van der Waals surface area contributed by atoms with Crippen LogP contribution in [0.5, 0.6) is 0 Å². The Labute approximate surface area is 129 Å². The van der Waals surface area contributed by atoms with Crippen LogP contribution < -0.4 is 5.32 Å². The Kier molecular flexibility index (Phi) is 3.04. The van der Waals surface area contributed by atoms with Crippen molar-refractivity contribution in [1.82, 2.24) is 25.1 Å². The molecule has 0 amide bonds. The van der Waals surface area contributed by atoms with E-state index in [9.17, 15) is 0 Å². The minimum Gasteiger partial charge on any atom is -0.346 e. The highest BCUT2D eigenvalue weighted by molar-refractivity contribution is 5.79. The van der Waals surface area contributed by atoms with Crippen molar-refractivity contribution in [3.05, 3.63) is 36.8 Å². The molecule has 1 aliphatic heterocycles. The van der Waals surface area contributed by atoms with Crippen molar-refractivity contribution in [2.45, 2.75) is 32.4 Å². The van der Waals surface area contributed by atoms with E-state index in [1.165, 1.54) is 11.9 Å². The predicted octanol–water partition coefficient (Wildman–Crippen LogP) is 2.81. The zero-order chi connectivity index (χ0) is 15.2. The van der Waals surface area contributed by atoms with Crippen LogP contribution >= 0.6 is 0 Å². The fourth-order valence-electron chi connectivity index (χ4n) is 3.48. The van der Waals surface area contributed by atoms with Gasteiger partial charge in [-0.05, 0) is 44.4 Å². The molecule has 2 N–H and O–H groups in total. The van der Waals surface area contributed by atoms with Crippen molar-refractivity contribution >= 4 is 11.0 Å². The summed E-state index contributed by atoms with van der Waals surface area (Å²) in [5.74, 6) is 0.680. The summed E-state index contributed by atoms with van der Waals surface area (Å²) in [6.07, 6.45) is 7.05. The zero-order valence-electron chi connectivity index (χ0n) is 13.0. The summed E-state index contributed by atoms with van der Waals surface area (Å²) in [7, 11) is 0. The lowest BCUT2D eigenvalue weighted by molar-refractivity contribution is 0.421. The molecule has 1 unspecified atom stereocenters. The second-order valence-corrected chi connectivity index (χ2v) is 6.89. The largest absolute Gasteiger partial charge is 0.346 e. The summed E-state index contributed by atoms with van der Waals surface area (Å²) in [5.41, 5.74) is 4.50. The van der Waals surface area contributed by atoms with E-state index in [4.69, 9.17) is 4.98 Å². The SMILES string of the molecule is CC1(C)CC(Cn2ccc3nc(-c4cn[nH]c4)ccc32)CN1. The van der Waals surface area contributed by atoms with Crippen LogP contribution in [0.2, 0.25) is 0 Å². The van der Waals surface area contributed by atoms with E-state index in [0.29, 0.717) is 5.92 Å². The quantitative estimate of drug-likeness (QED) is 0.781. The fraction of sp³-hybridized carbons (Fsp3) is 0.412. The van der Waals surface area contributed by atoms with Gasteiger partial charge in [-0.25, -0.2) is 4.98 Å². The molecule has 114 valence electrons. The number of rotatable bonds is 3. The van der Waals surface area contributed by atoms with Crippen LogP contribution in [0.25, 0.3) is 22.3 Å². The molecule has 1 saturated heterocycles. The molecule has 0 saturated carbocycles. The Balaban J connectivity index is 1.61. The van der Waals surface area contributed by atoms with Crippen molar-refractivity contribution in [3.63, 3.8) is 0 Å². The van der Waals surface area contributed by atoms with Gasteiger partial charge in [-0.1, -0.05) is 0 Å². The van der Waals surface area contributed by atoms with Crippen molar-refractivity contribution in [1.29, 1.82) is 0 Å². The Morgan fingerprint density at radius 2 is 2.23 bits per heavy atom. The van der Waals surface area contributed by atoms with Gasteiger partial charge < -0.3 is 9.88 Å². The normalized spacial score (nSPS) is 20.7. The highest BCUT2D eigenvalue weighted by Gasteiger charge is 2.30. The van der Waals surface area contributed by atoms with Gasteiger partial charge in [0, 0.05) is 36.6 Å². The van der Waals surface area contributed by atoms with E-state index < -0.39 is 0 Å². The third-order valence-corrected chi connectivity index (χ3v) is 4.54. The van der Waals surface area contributed by atoms with E-state index in [-0.39, 0.29) is 5.54 Å². The first-order valence-corrected chi connectivity index (χ1v) is 7.81. The zero-order valence-corrected chi connectivity index (χ0v) is 13.0. The first-order chi connectivity index (χ1) is 10.6. The van der Waals surface area contributed by atoms with Gasteiger partial charge in [-0.2, -0.15) is 5.10 Å². The second kappa shape index (κ2) is 4.95. The van der Waals surface area contributed by atoms with Crippen LogP contribution in [0.4, 0.5) is 0 Å². The number of aromatic amines is 1. The molecule has 22 heavy (non-hydrogen) atoms.